The monoisotopic (exact) mass is 458 g/mol. The molecule has 0 atom stereocenters. The molecule has 0 bridgehead atoms. The third kappa shape index (κ3) is 4.91. The van der Waals surface area contributed by atoms with Gasteiger partial charge in [-0.2, -0.15) is 0 Å². The molecule has 0 aliphatic heterocycles. The van der Waals surface area contributed by atoms with E-state index in [0.717, 1.165) is 17.5 Å². The molecule has 4 aromatic rings. The maximum atomic E-state index is 13.6. The molecule has 6 heteroatoms. The van der Waals surface area contributed by atoms with E-state index in [9.17, 15) is 9.59 Å². The number of nitrogens with zero attached hydrogens (tertiary/aromatic N) is 4. The lowest BCUT2D eigenvalue weighted by Gasteiger charge is -2.19. The first-order chi connectivity index (χ1) is 16.1. The number of benzene rings is 2. The molecule has 0 fully saturated rings. The number of hydrogen-bond acceptors (Lipinski definition) is 3. The van der Waals surface area contributed by atoms with E-state index in [1.165, 1.54) is 10.1 Å². The molecule has 0 aliphatic carbocycles. The van der Waals surface area contributed by atoms with Gasteiger partial charge < -0.3 is 4.57 Å². The molecule has 0 spiro atoms. The largest absolute Gasteiger partial charge is 0.333 e. The fraction of sp³-hybridized carbons (Fsp3) is 0.393. The van der Waals surface area contributed by atoms with E-state index in [2.05, 4.69) is 51.7 Å². The summed E-state index contributed by atoms with van der Waals surface area (Å²) in [4.78, 5) is 31.7. The van der Waals surface area contributed by atoms with Crippen LogP contribution in [0.5, 0.6) is 0 Å². The van der Waals surface area contributed by atoms with E-state index in [4.69, 9.17) is 0 Å². The maximum absolute atomic E-state index is 13.6. The molecule has 4 rings (SSSR count). The number of hydrogen-bond donors (Lipinski definition) is 0. The van der Waals surface area contributed by atoms with Crippen molar-refractivity contribution in [2.45, 2.75) is 66.1 Å². The van der Waals surface area contributed by atoms with E-state index in [-0.39, 0.29) is 23.2 Å². The fourth-order valence-electron chi connectivity index (χ4n) is 4.15. The van der Waals surface area contributed by atoms with Crippen LogP contribution in [0.2, 0.25) is 0 Å². The van der Waals surface area contributed by atoms with Crippen LogP contribution < -0.4 is 11.2 Å². The van der Waals surface area contributed by atoms with Gasteiger partial charge in [0.25, 0.3) is 5.56 Å². The molecule has 0 saturated heterocycles. The number of rotatable bonds is 7. The van der Waals surface area contributed by atoms with Crippen molar-refractivity contribution in [2.24, 2.45) is 5.92 Å². The highest BCUT2D eigenvalue weighted by atomic mass is 16.2. The van der Waals surface area contributed by atoms with E-state index < -0.39 is 0 Å². The first-order valence-corrected chi connectivity index (χ1v) is 12.0. The average molecular weight is 459 g/mol. The van der Waals surface area contributed by atoms with Crippen LogP contribution in [0, 0.1) is 5.92 Å². The Labute approximate surface area is 200 Å². The van der Waals surface area contributed by atoms with Crippen LogP contribution in [-0.4, -0.2) is 18.7 Å². The number of aromatic nitrogens is 4. The van der Waals surface area contributed by atoms with Gasteiger partial charge >= 0.3 is 5.69 Å². The Morgan fingerprint density at radius 2 is 1.47 bits per heavy atom. The molecule has 34 heavy (non-hydrogen) atoms. The second-order valence-electron chi connectivity index (χ2n) is 10.5. The van der Waals surface area contributed by atoms with Gasteiger partial charge in [-0.05, 0) is 34.4 Å². The van der Waals surface area contributed by atoms with Crippen molar-refractivity contribution in [3.63, 3.8) is 0 Å². The van der Waals surface area contributed by atoms with E-state index >= 15 is 0 Å². The lowest BCUT2D eigenvalue weighted by atomic mass is 9.87. The van der Waals surface area contributed by atoms with Crippen LogP contribution in [0.25, 0.3) is 11.2 Å². The number of fused-ring (bicyclic) bond motifs is 1. The van der Waals surface area contributed by atoms with Gasteiger partial charge in [-0.1, -0.05) is 89.2 Å². The second kappa shape index (κ2) is 9.45. The first-order valence-electron chi connectivity index (χ1n) is 12.0. The molecule has 0 unspecified atom stereocenters. The lowest BCUT2D eigenvalue weighted by Crippen LogP contribution is -2.41. The van der Waals surface area contributed by atoms with Crippen LogP contribution in [-0.2, 0) is 25.0 Å². The van der Waals surface area contributed by atoms with E-state index in [0.29, 0.717) is 30.2 Å². The average Bonchev–Trinajstić information content (AvgIpc) is 3.22. The van der Waals surface area contributed by atoms with Crippen molar-refractivity contribution >= 4 is 11.2 Å². The summed E-state index contributed by atoms with van der Waals surface area (Å²) in [5.74, 6) is 0.497. The molecule has 0 aliphatic rings. The van der Waals surface area contributed by atoms with E-state index in [1.807, 2.05) is 47.0 Å². The minimum Gasteiger partial charge on any atom is -0.325 e. The van der Waals surface area contributed by atoms with Crippen LogP contribution >= 0.6 is 0 Å². The lowest BCUT2D eigenvalue weighted by molar-refractivity contribution is 0.520. The SMILES string of the molecule is CC(C)CCn1cnc2c1c(=O)n(Cc1ccc(C(C)(C)C)cc1)c(=O)n2Cc1ccccc1. The predicted octanol–water partition coefficient (Wildman–Crippen LogP) is 4.80. The molecule has 0 radical (unpaired) electrons. The molecular weight excluding hydrogens is 424 g/mol. The molecular formula is C28H34N4O2. The summed E-state index contributed by atoms with van der Waals surface area (Å²) in [5, 5.41) is 0. The minimum atomic E-state index is -0.338. The van der Waals surface area contributed by atoms with Gasteiger partial charge in [-0.25, -0.2) is 9.78 Å². The highest BCUT2D eigenvalue weighted by Gasteiger charge is 2.19. The van der Waals surface area contributed by atoms with Crippen molar-refractivity contribution in [2.75, 3.05) is 0 Å². The Bertz CT molecular complexity index is 1390. The van der Waals surface area contributed by atoms with Crippen molar-refractivity contribution in [1.82, 2.24) is 18.7 Å². The summed E-state index contributed by atoms with van der Waals surface area (Å²) >= 11 is 0. The normalized spacial score (nSPS) is 12.1. The molecule has 0 saturated carbocycles. The zero-order valence-corrected chi connectivity index (χ0v) is 20.8. The van der Waals surface area contributed by atoms with E-state index in [1.54, 1.807) is 10.9 Å². The number of aryl methyl sites for hydroxylation is 1. The van der Waals surface area contributed by atoms with Crippen molar-refractivity contribution in [3.8, 4) is 0 Å². The van der Waals surface area contributed by atoms with Crippen LogP contribution in [0.15, 0.2) is 70.5 Å². The summed E-state index contributed by atoms with van der Waals surface area (Å²) in [6.45, 7) is 12.1. The molecule has 6 nitrogen and oxygen atoms in total. The molecule has 0 N–H and O–H groups in total. The Morgan fingerprint density at radius 1 is 0.853 bits per heavy atom. The summed E-state index contributed by atoms with van der Waals surface area (Å²) in [7, 11) is 0. The standard InChI is InChI=1S/C28H34N4O2/c1-20(2)15-16-30-19-29-25-24(30)26(33)32(18-22-11-13-23(14-12-22)28(3,4)5)27(34)31(25)17-21-9-7-6-8-10-21/h6-14,19-20H,15-18H2,1-5H3. The molecule has 178 valence electrons. The predicted molar refractivity (Wildman–Crippen MR) is 137 cm³/mol. The van der Waals surface area contributed by atoms with Gasteiger partial charge in [0, 0.05) is 6.54 Å². The highest BCUT2D eigenvalue weighted by Crippen LogP contribution is 2.22. The van der Waals surface area contributed by atoms with Crippen LogP contribution in [0.3, 0.4) is 0 Å². The quantitative estimate of drug-likeness (QED) is 0.400. The zero-order valence-electron chi connectivity index (χ0n) is 20.8. The van der Waals surface area contributed by atoms with Crippen molar-refractivity contribution in [1.29, 1.82) is 0 Å². The first kappa shape index (κ1) is 23.7. The smallest absolute Gasteiger partial charge is 0.325 e. The fourth-order valence-corrected chi connectivity index (χ4v) is 4.15. The van der Waals surface area contributed by atoms with Gasteiger partial charge in [-0.3, -0.25) is 13.9 Å². The third-order valence-corrected chi connectivity index (χ3v) is 6.28. The zero-order chi connectivity index (χ0) is 24.5. The summed E-state index contributed by atoms with van der Waals surface area (Å²) in [6.07, 6.45) is 2.62. The van der Waals surface area contributed by atoms with Gasteiger partial charge in [0.15, 0.2) is 11.2 Å². The summed E-state index contributed by atoms with van der Waals surface area (Å²) in [6, 6.07) is 18.0. The Hall–Kier alpha value is -3.41. The molecule has 2 aromatic carbocycles. The van der Waals surface area contributed by atoms with Crippen LogP contribution in [0.1, 0.15) is 57.7 Å². The highest BCUT2D eigenvalue weighted by molar-refractivity contribution is 5.70. The third-order valence-electron chi connectivity index (χ3n) is 6.28. The Morgan fingerprint density at radius 3 is 2.09 bits per heavy atom. The Kier molecular flexibility index (Phi) is 6.60. The molecule has 2 aromatic heterocycles. The second-order valence-corrected chi connectivity index (χ2v) is 10.5. The minimum absolute atomic E-state index is 0.0413. The maximum Gasteiger partial charge on any atom is 0.333 e. The van der Waals surface area contributed by atoms with Gasteiger partial charge in [0.05, 0.1) is 19.4 Å². The van der Waals surface area contributed by atoms with Gasteiger partial charge in [0.2, 0.25) is 0 Å². The number of imidazole rings is 1. The topological polar surface area (TPSA) is 61.8 Å². The van der Waals surface area contributed by atoms with Gasteiger partial charge in [-0.15, -0.1) is 0 Å². The molecule has 0 amide bonds. The van der Waals surface area contributed by atoms with Crippen molar-refractivity contribution < 1.29 is 0 Å². The Balaban J connectivity index is 1.84. The van der Waals surface area contributed by atoms with Crippen molar-refractivity contribution in [3.05, 3.63) is 98.5 Å². The van der Waals surface area contributed by atoms with Crippen LogP contribution in [0.4, 0.5) is 0 Å². The summed E-state index contributed by atoms with van der Waals surface area (Å²) in [5.41, 5.74) is 3.48. The van der Waals surface area contributed by atoms with Gasteiger partial charge in [0.1, 0.15) is 0 Å². The summed E-state index contributed by atoms with van der Waals surface area (Å²) < 4.78 is 4.88. The molecule has 2 heterocycles.